The van der Waals surface area contributed by atoms with E-state index in [1.54, 1.807) is 29.1 Å². The molecule has 0 bridgehead atoms. The number of hydrogen-bond donors (Lipinski definition) is 1. The average Bonchev–Trinajstić information content (AvgIpc) is 2.77. The summed E-state index contributed by atoms with van der Waals surface area (Å²) in [5.74, 6) is -0.204. The first-order valence-corrected chi connectivity index (χ1v) is 6.35. The van der Waals surface area contributed by atoms with Crippen LogP contribution in [0.3, 0.4) is 0 Å². The standard InChI is InChI=1S/C12H12BrN3O2/c1-2-3-11-15-14-7-16(11)10-5-4-8(13)6-9(10)12(17)18/h4-7H,2-3H2,1H3,(H,17,18). The fourth-order valence-corrected chi connectivity index (χ4v) is 2.10. The zero-order valence-corrected chi connectivity index (χ0v) is 11.4. The van der Waals surface area contributed by atoms with Gasteiger partial charge in [0.05, 0.1) is 11.3 Å². The molecule has 0 unspecified atom stereocenters. The summed E-state index contributed by atoms with van der Waals surface area (Å²) in [6, 6.07) is 5.13. The van der Waals surface area contributed by atoms with E-state index in [2.05, 4.69) is 26.1 Å². The van der Waals surface area contributed by atoms with E-state index >= 15 is 0 Å². The molecule has 1 N–H and O–H groups in total. The van der Waals surface area contributed by atoms with Gasteiger partial charge in [-0.3, -0.25) is 4.57 Å². The summed E-state index contributed by atoms with van der Waals surface area (Å²) in [5.41, 5.74) is 0.806. The smallest absolute Gasteiger partial charge is 0.337 e. The molecule has 0 aliphatic carbocycles. The van der Waals surface area contributed by atoms with Gasteiger partial charge in [0.25, 0.3) is 0 Å². The maximum absolute atomic E-state index is 11.3. The van der Waals surface area contributed by atoms with Gasteiger partial charge in [-0.25, -0.2) is 4.79 Å². The van der Waals surface area contributed by atoms with Crippen LogP contribution in [0.5, 0.6) is 0 Å². The number of carboxylic acid groups (broad SMARTS) is 1. The molecule has 94 valence electrons. The van der Waals surface area contributed by atoms with E-state index in [9.17, 15) is 9.90 Å². The molecule has 1 heterocycles. The third kappa shape index (κ3) is 2.43. The number of aryl methyl sites for hydroxylation is 1. The highest BCUT2D eigenvalue weighted by Gasteiger charge is 2.15. The average molecular weight is 310 g/mol. The number of carbonyl (C=O) groups is 1. The van der Waals surface area contributed by atoms with Crippen LogP contribution in [0.25, 0.3) is 5.69 Å². The number of rotatable bonds is 4. The Bertz CT molecular complexity index is 580. The van der Waals surface area contributed by atoms with E-state index in [0.29, 0.717) is 5.69 Å². The van der Waals surface area contributed by atoms with Gasteiger partial charge in [-0.2, -0.15) is 0 Å². The number of aromatic carboxylic acids is 1. The summed E-state index contributed by atoms with van der Waals surface area (Å²) in [7, 11) is 0. The molecule has 0 atom stereocenters. The predicted octanol–water partition coefficient (Wildman–Crippen LogP) is 2.68. The van der Waals surface area contributed by atoms with Crippen molar-refractivity contribution in [3.05, 3.63) is 40.4 Å². The molecular formula is C12H12BrN3O2. The molecule has 0 fully saturated rings. The Labute approximate surface area is 113 Å². The van der Waals surface area contributed by atoms with Crippen LogP contribution in [-0.4, -0.2) is 25.8 Å². The minimum atomic E-state index is -0.970. The number of benzene rings is 1. The second kappa shape index (κ2) is 5.30. The van der Waals surface area contributed by atoms with Gasteiger partial charge in [0.15, 0.2) is 0 Å². The largest absolute Gasteiger partial charge is 0.478 e. The molecule has 0 amide bonds. The van der Waals surface area contributed by atoms with Crippen LogP contribution in [0.1, 0.15) is 29.5 Å². The lowest BCUT2D eigenvalue weighted by Gasteiger charge is -2.09. The van der Waals surface area contributed by atoms with Crippen LogP contribution in [0.4, 0.5) is 0 Å². The SMILES string of the molecule is CCCc1nncn1-c1ccc(Br)cc1C(=O)O. The molecule has 1 aromatic heterocycles. The van der Waals surface area contributed by atoms with Crippen molar-refractivity contribution >= 4 is 21.9 Å². The maximum atomic E-state index is 11.3. The second-order valence-corrected chi connectivity index (χ2v) is 4.75. The summed E-state index contributed by atoms with van der Waals surface area (Å²) in [4.78, 5) is 11.3. The summed E-state index contributed by atoms with van der Waals surface area (Å²) in [6.45, 7) is 2.04. The minimum Gasteiger partial charge on any atom is -0.478 e. The van der Waals surface area contributed by atoms with Crippen LogP contribution in [0.2, 0.25) is 0 Å². The van der Waals surface area contributed by atoms with Crippen LogP contribution in [0, 0.1) is 0 Å². The molecule has 5 nitrogen and oxygen atoms in total. The van der Waals surface area contributed by atoms with Crippen molar-refractivity contribution in [3.63, 3.8) is 0 Å². The van der Waals surface area contributed by atoms with Crippen LogP contribution in [0.15, 0.2) is 29.0 Å². The Kier molecular flexibility index (Phi) is 3.76. The highest BCUT2D eigenvalue weighted by atomic mass is 79.9. The molecule has 2 rings (SSSR count). The van der Waals surface area contributed by atoms with Gasteiger partial charge in [-0.1, -0.05) is 22.9 Å². The van der Waals surface area contributed by atoms with Gasteiger partial charge in [-0.15, -0.1) is 10.2 Å². The number of carboxylic acids is 1. The van der Waals surface area contributed by atoms with Crippen LogP contribution >= 0.6 is 15.9 Å². The first kappa shape index (κ1) is 12.8. The summed E-state index contributed by atoms with van der Waals surface area (Å²) >= 11 is 3.27. The molecule has 18 heavy (non-hydrogen) atoms. The molecule has 0 radical (unpaired) electrons. The summed E-state index contributed by atoms with van der Waals surface area (Å²) < 4.78 is 2.45. The van der Waals surface area contributed by atoms with Crippen molar-refractivity contribution in [1.29, 1.82) is 0 Å². The quantitative estimate of drug-likeness (QED) is 0.943. The van der Waals surface area contributed by atoms with Crippen molar-refractivity contribution in [1.82, 2.24) is 14.8 Å². The summed E-state index contributed by atoms with van der Waals surface area (Å²) in [5, 5.41) is 17.1. The monoisotopic (exact) mass is 309 g/mol. The Balaban J connectivity index is 2.56. The normalized spacial score (nSPS) is 10.6. The molecule has 0 saturated heterocycles. The number of aromatic nitrogens is 3. The van der Waals surface area contributed by atoms with Gasteiger partial charge in [0, 0.05) is 10.9 Å². The van der Waals surface area contributed by atoms with E-state index in [4.69, 9.17) is 0 Å². The van der Waals surface area contributed by atoms with Gasteiger partial charge in [0.2, 0.25) is 0 Å². The van der Waals surface area contributed by atoms with Crippen LogP contribution < -0.4 is 0 Å². The minimum absolute atomic E-state index is 0.224. The Morgan fingerprint density at radius 3 is 2.94 bits per heavy atom. The highest BCUT2D eigenvalue weighted by Crippen LogP contribution is 2.21. The van der Waals surface area contributed by atoms with Gasteiger partial charge < -0.3 is 5.11 Å². The lowest BCUT2D eigenvalue weighted by Crippen LogP contribution is -2.07. The van der Waals surface area contributed by atoms with Gasteiger partial charge in [0.1, 0.15) is 12.2 Å². The van der Waals surface area contributed by atoms with E-state index < -0.39 is 5.97 Å². The number of nitrogens with zero attached hydrogens (tertiary/aromatic N) is 3. The first-order valence-electron chi connectivity index (χ1n) is 5.55. The molecule has 2 aromatic rings. The van der Waals surface area contributed by atoms with E-state index in [0.717, 1.165) is 23.1 Å². The second-order valence-electron chi connectivity index (χ2n) is 3.83. The molecule has 0 spiro atoms. The third-order valence-electron chi connectivity index (χ3n) is 2.54. The molecule has 1 aromatic carbocycles. The Hall–Kier alpha value is -1.69. The van der Waals surface area contributed by atoms with E-state index in [-0.39, 0.29) is 5.56 Å². The highest BCUT2D eigenvalue weighted by molar-refractivity contribution is 9.10. The zero-order chi connectivity index (χ0) is 13.1. The summed E-state index contributed by atoms with van der Waals surface area (Å²) in [6.07, 6.45) is 3.23. The zero-order valence-electron chi connectivity index (χ0n) is 9.80. The maximum Gasteiger partial charge on any atom is 0.337 e. The van der Waals surface area contributed by atoms with Gasteiger partial charge >= 0.3 is 5.97 Å². The Morgan fingerprint density at radius 2 is 2.28 bits per heavy atom. The lowest BCUT2D eigenvalue weighted by molar-refractivity contribution is 0.0697. The van der Waals surface area contributed by atoms with Crippen molar-refractivity contribution in [2.24, 2.45) is 0 Å². The predicted molar refractivity (Wildman–Crippen MR) is 70.0 cm³/mol. The fourth-order valence-electron chi connectivity index (χ4n) is 1.74. The molecule has 0 aliphatic rings. The first-order chi connectivity index (χ1) is 8.63. The third-order valence-corrected chi connectivity index (χ3v) is 3.03. The topological polar surface area (TPSA) is 68.0 Å². The Morgan fingerprint density at radius 1 is 1.50 bits per heavy atom. The molecule has 0 aliphatic heterocycles. The van der Waals surface area contributed by atoms with Crippen molar-refractivity contribution in [3.8, 4) is 5.69 Å². The van der Waals surface area contributed by atoms with Gasteiger partial charge in [-0.05, 0) is 24.6 Å². The van der Waals surface area contributed by atoms with Crippen molar-refractivity contribution < 1.29 is 9.90 Å². The number of hydrogen-bond acceptors (Lipinski definition) is 3. The molecular weight excluding hydrogens is 298 g/mol. The van der Waals surface area contributed by atoms with E-state index in [1.165, 1.54) is 0 Å². The van der Waals surface area contributed by atoms with Crippen molar-refractivity contribution in [2.45, 2.75) is 19.8 Å². The van der Waals surface area contributed by atoms with Crippen LogP contribution in [-0.2, 0) is 6.42 Å². The number of halogens is 1. The molecule has 6 heteroatoms. The van der Waals surface area contributed by atoms with E-state index in [1.807, 2.05) is 6.92 Å². The lowest BCUT2D eigenvalue weighted by atomic mass is 10.1. The fraction of sp³-hybridized carbons (Fsp3) is 0.250. The van der Waals surface area contributed by atoms with Crippen molar-refractivity contribution in [2.75, 3.05) is 0 Å². The molecule has 0 saturated carbocycles.